The minimum Gasteiger partial charge on any atom is -0.309 e. The zero-order valence-corrected chi connectivity index (χ0v) is 12.7. The van der Waals surface area contributed by atoms with Crippen LogP contribution in [0.2, 0.25) is 0 Å². The Balaban J connectivity index is 2.43. The Labute approximate surface area is 109 Å². The Hall–Kier alpha value is -0.0400. The minimum absolute atomic E-state index is 0.280. The van der Waals surface area contributed by atoms with Gasteiger partial charge in [0.15, 0.2) is 0 Å². The summed E-state index contributed by atoms with van der Waals surface area (Å²) >= 11 is 0. The molecule has 0 amide bonds. The fourth-order valence-electron chi connectivity index (χ4n) is 3.53. The highest BCUT2D eigenvalue weighted by molar-refractivity contribution is 4.86. The van der Waals surface area contributed by atoms with E-state index >= 15 is 0 Å². The molecule has 0 spiro atoms. The number of nitrogens with one attached hydrogen (secondary N) is 1. The van der Waals surface area contributed by atoms with E-state index in [0.29, 0.717) is 5.41 Å². The van der Waals surface area contributed by atoms with Crippen LogP contribution in [0.25, 0.3) is 0 Å². The highest BCUT2D eigenvalue weighted by Crippen LogP contribution is 2.28. The predicted molar refractivity (Wildman–Crippen MR) is 77.4 cm³/mol. The van der Waals surface area contributed by atoms with Crippen LogP contribution in [-0.4, -0.2) is 11.6 Å². The second-order valence-electron chi connectivity index (χ2n) is 7.81. The van der Waals surface area contributed by atoms with Crippen molar-refractivity contribution >= 4 is 0 Å². The van der Waals surface area contributed by atoms with Crippen LogP contribution in [-0.2, 0) is 0 Å². The summed E-state index contributed by atoms with van der Waals surface area (Å²) in [5.74, 6) is 0. The van der Waals surface area contributed by atoms with Gasteiger partial charge in [0.1, 0.15) is 0 Å². The third-order valence-corrected chi connectivity index (χ3v) is 3.67. The molecule has 0 heterocycles. The summed E-state index contributed by atoms with van der Waals surface area (Å²) in [6, 6.07) is 0.757. The molecule has 102 valence electrons. The minimum atomic E-state index is 0.280. The lowest BCUT2D eigenvalue weighted by Gasteiger charge is -2.37. The molecule has 0 aromatic rings. The monoisotopic (exact) mass is 239 g/mol. The van der Waals surface area contributed by atoms with E-state index in [4.69, 9.17) is 0 Å². The van der Waals surface area contributed by atoms with E-state index in [1.807, 2.05) is 0 Å². The Kier molecular flexibility index (Phi) is 5.50. The largest absolute Gasteiger partial charge is 0.309 e. The van der Waals surface area contributed by atoms with Crippen molar-refractivity contribution < 1.29 is 0 Å². The summed E-state index contributed by atoms with van der Waals surface area (Å²) in [7, 11) is 0. The summed E-state index contributed by atoms with van der Waals surface area (Å²) in [5, 5.41) is 3.92. The summed E-state index contributed by atoms with van der Waals surface area (Å²) in [6.07, 6.45) is 11.2. The molecule has 0 atom stereocenters. The van der Waals surface area contributed by atoms with Crippen LogP contribution in [0, 0.1) is 5.41 Å². The quantitative estimate of drug-likeness (QED) is 0.738. The molecule has 0 radical (unpaired) electrons. The van der Waals surface area contributed by atoms with Crippen molar-refractivity contribution in [1.29, 1.82) is 0 Å². The maximum atomic E-state index is 3.92. The molecule has 0 aromatic carbocycles. The van der Waals surface area contributed by atoms with Gasteiger partial charge in [0.05, 0.1) is 0 Å². The molecule has 1 fully saturated rings. The van der Waals surface area contributed by atoms with Gasteiger partial charge in [0, 0.05) is 11.6 Å². The maximum Gasteiger partial charge on any atom is 0.0132 e. The molecule has 0 saturated heterocycles. The SMILES string of the molecule is CC(C)(C)CC(C)(C)NC1CCCCCCC1. The Morgan fingerprint density at radius 3 is 1.76 bits per heavy atom. The van der Waals surface area contributed by atoms with Gasteiger partial charge in [-0.15, -0.1) is 0 Å². The first-order valence-corrected chi connectivity index (χ1v) is 7.56. The zero-order chi connectivity index (χ0) is 12.9. The third kappa shape index (κ3) is 7.08. The molecule has 1 aliphatic rings. The smallest absolute Gasteiger partial charge is 0.0132 e. The summed E-state index contributed by atoms with van der Waals surface area (Å²) in [6.45, 7) is 11.8. The van der Waals surface area contributed by atoms with Crippen LogP contribution in [0.15, 0.2) is 0 Å². The third-order valence-electron chi connectivity index (χ3n) is 3.67. The molecule has 0 bridgehead atoms. The fourth-order valence-corrected chi connectivity index (χ4v) is 3.53. The molecule has 0 aromatic heterocycles. The standard InChI is InChI=1S/C16H33N/c1-15(2,3)13-16(4,5)17-14-11-9-7-6-8-10-12-14/h14,17H,6-13H2,1-5H3. The van der Waals surface area contributed by atoms with Crippen LogP contribution in [0.5, 0.6) is 0 Å². The molecular formula is C16H33N. The summed E-state index contributed by atoms with van der Waals surface area (Å²) in [5.41, 5.74) is 0.695. The lowest BCUT2D eigenvalue weighted by molar-refractivity contribution is 0.209. The lowest BCUT2D eigenvalue weighted by Crippen LogP contribution is -2.48. The van der Waals surface area contributed by atoms with Gasteiger partial charge in [-0.2, -0.15) is 0 Å². The van der Waals surface area contributed by atoms with E-state index in [0.717, 1.165) is 6.04 Å². The van der Waals surface area contributed by atoms with Gasteiger partial charge in [-0.1, -0.05) is 52.9 Å². The molecule has 1 saturated carbocycles. The molecule has 1 aliphatic carbocycles. The highest BCUT2D eigenvalue weighted by atomic mass is 15.0. The first-order valence-electron chi connectivity index (χ1n) is 7.56. The topological polar surface area (TPSA) is 12.0 Å². The predicted octanol–water partition coefficient (Wildman–Crippen LogP) is 4.90. The normalized spacial score (nSPS) is 21.0. The molecular weight excluding hydrogens is 206 g/mol. The molecule has 1 N–H and O–H groups in total. The van der Waals surface area contributed by atoms with Crippen molar-refractivity contribution in [3.05, 3.63) is 0 Å². The van der Waals surface area contributed by atoms with Crippen molar-refractivity contribution in [3.8, 4) is 0 Å². The molecule has 1 nitrogen and oxygen atoms in total. The molecule has 1 rings (SSSR count). The van der Waals surface area contributed by atoms with Gasteiger partial charge in [-0.25, -0.2) is 0 Å². The van der Waals surface area contributed by atoms with Gasteiger partial charge in [-0.05, 0) is 38.5 Å². The first-order chi connectivity index (χ1) is 7.79. The van der Waals surface area contributed by atoms with E-state index in [-0.39, 0.29) is 5.54 Å². The number of hydrogen-bond acceptors (Lipinski definition) is 1. The Morgan fingerprint density at radius 1 is 0.824 bits per heavy atom. The van der Waals surface area contributed by atoms with Gasteiger partial charge < -0.3 is 5.32 Å². The second kappa shape index (κ2) is 6.22. The van der Waals surface area contributed by atoms with E-state index in [1.165, 1.54) is 51.4 Å². The van der Waals surface area contributed by atoms with Gasteiger partial charge in [0.25, 0.3) is 0 Å². The van der Waals surface area contributed by atoms with E-state index in [2.05, 4.69) is 39.9 Å². The van der Waals surface area contributed by atoms with Crippen molar-refractivity contribution in [2.45, 2.75) is 97.6 Å². The van der Waals surface area contributed by atoms with Crippen molar-refractivity contribution in [2.75, 3.05) is 0 Å². The number of rotatable bonds is 3. The average Bonchev–Trinajstić information content (AvgIpc) is 2.04. The van der Waals surface area contributed by atoms with Crippen molar-refractivity contribution in [1.82, 2.24) is 5.32 Å². The number of hydrogen-bond donors (Lipinski definition) is 1. The van der Waals surface area contributed by atoms with E-state index in [1.54, 1.807) is 0 Å². The zero-order valence-electron chi connectivity index (χ0n) is 12.7. The fraction of sp³-hybridized carbons (Fsp3) is 1.00. The summed E-state index contributed by atoms with van der Waals surface area (Å²) in [4.78, 5) is 0. The summed E-state index contributed by atoms with van der Waals surface area (Å²) < 4.78 is 0. The van der Waals surface area contributed by atoms with Crippen molar-refractivity contribution in [2.24, 2.45) is 5.41 Å². The van der Waals surface area contributed by atoms with Gasteiger partial charge >= 0.3 is 0 Å². The Bertz CT molecular complexity index is 204. The van der Waals surface area contributed by atoms with Crippen LogP contribution in [0.4, 0.5) is 0 Å². The average molecular weight is 239 g/mol. The van der Waals surface area contributed by atoms with Crippen LogP contribution in [0.3, 0.4) is 0 Å². The molecule has 0 unspecified atom stereocenters. The maximum absolute atomic E-state index is 3.92. The molecule has 17 heavy (non-hydrogen) atoms. The van der Waals surface area contributed by atoms with Gasteiger partial charge in [0.2, 0.25) is 0 Å². The first kappa shape index (κ1) is 15.0. The van der Waals surface area contributed by atoms with Crippen LogP contribution >= 0.6 is 0 Å². The van der Waals surface area contributed by atoms with E-state index < -0.39 is 0 Å². The molecule has 0 aliphatic heterocycles. The second-order valence-corrected chi connectivity index (χ2v) is 7.81. The molecule has 1 heteroatoms. The van der Waals surface area contributed by atoms with Crippen molar-refractivity contribution in [3.63, 3.8) is 0 Å². The van der Waals surface area contributed by atoms with E-state index in [9.17, 15) is 0 Å². The Morgan fingerprint density at radius 2 is 1.29 bits per heavy atom. The van der Waals surface area contributed by atoms with Crippen LogP contribution in [0.1, 0.15) is 86.0 Å². The van der Waals surface area contributed by atoms with Gasteiger partial charge in [-0.3, -0.25) is 0 Å². The van der Waals surface area contributed by atoms with Crippen LogP contribution < -0.4 is 5.32 Å². The lowest BCUT2D eigenvalue weighted by atomic mass is 9.81. The highest BCUT2D eigenvalue weighted by Gasteiger charge is 2.27.